The van der Waals surface area contributed by atoms with Crippen molar-refractivity contribution in [2.24, 2.45) is 0 Å². The van der Waals surface area contributed by atoms with Crippen molar-refractivity contribution in [3.05, 3.63) is 50.8 Å². The minimum atomic E-state index is -1.02. The second kappa shape index (κ2) is 4.36. The molecule has 7 heteroatoms. The fraction of sp³-hybridized carbons (Fsp3) is 0.0833. The summed E-state index contributed by atoms with van der Waals surface area (Å²) >= 11 is 1.47. The third-order valence-electron chi connectivity index (χ3n) is 2.82. The van der Waals surface area contributed by atoms with Gasteiger partial charge in [-0.05, 0) is 18.2 Å². The highest BCUT2D eigenvalue weighted by Crippen LogP contribution is 2.15. The van der Waals surface area contributed by atoms with Crippen molar-refractivity contribution in [3.8, 4) is 0 Å². The van der Waals surface area contributed by atoms with E-state index in [1.165, 1.54) is 23.5 Å². The molecule has 0 fully saturated rings. The Bertz CT molecular complexity index is 801. The Balaban J connectivity index is 2.12. The summed E-state index contributed by atoms with van der Waals surface area (Å²) < 4.78 is 1.56. The summed E-state index contributed by atoms with van der Waals surface area (Å²) in [6.07, 6.45) is 1.71. The number of aromatic carboxylic acids is 1. The van der Waals surface area contributed by atoms with Gasteiger partial charge in [0.2, 0.25) is 0 Å². The first-order valence-corrected chi connectivity index (χ1v) is 6.36. The molecule has 0 aliphatic rings. The van der Waals surface area contributed by atoms with Crippen LogP contribution in [0.5, 0.6) is 0 Å². The number of nitrogens with zero attached hydrogens (tertiary/aromatic N) is 2. The number of carbonyl (C=O) groups is 1. The van der Waals surface area contributed by atoms with E-state index in [4.69, 9.17) is 5.11 Å². The fourth-order valence-corrected chi connectivity index (χ4v) is 2.51. The zero-order valence-corrected chi connectivity index (χ0v) is 10.5. The first kappa shape index (κ1) is 11.7. The van der Waals surface area contributed by atoms with E-state index in [-0.39, 0.29) is 11.3 Å². The zero-order chi connectivity index (χ0) is 13.4. The second-order valence-corrected chi connectivity index (χ2v) is 4.99. The third kappa shape index (κ3) is 2.04. The number of H-pyrrole nitrogens is 1. The highest BCUT2D eigenvalue weighted by molar-refractivity contribution is 7.09. The molecule has 96 valence electrons. The molecule has 0 atom stereocenters. The van der Waals surface area contributed by atoms with Crippen LogP contribution in [0.15, 0.2) is 34.7 Å². The van der Waals surface area contributed by atoms with Crippen LogP contribution in [0.3, 0.4) is 0 Å². The van der Waals surface area contributed by atoms with Gasteiger partial charge in [-0.3, -0.25) is 9.55 Å². The van der Waals surface area contributed by atoms with Crippen molar-refractivity contribution in [1.29, 1.82) is 0 Å². The third-order valence-corrected chi connectivity index (χ3v) is 3.58. The summed E-state index contributed by atoms with van der Waals surface area (Å²) in [4.78, 5) is 30.4. The van der Waals surface area contributed by atoms with Gasteiger partial charge in [-0.15, -0.1) is 11.3 Å². The Morgan fingerprint density at radius 2 is 2.32 bits per heavy atom. The molecule has 19 heavy (non-hydrogen) atoms. The van der Waals surface area contributed by atoms with E-state index in [9.17, 15) is 9.59 Å². The summed E-state index contributed by atoms with van der Waals surface area (Å²) in [5.41, 5.74) is 2.81. The number of hydrogen-bond donors (Lipinski definition) is 2. The van der Waals surface area contributed by atoms with E-state index in [0.29, 0.717) is 17.6 Å². The van der Waals surface area contributed by atoms with Gasteiger partial charge in [-0.1, -0.05) is 0 Å². The molecule has 2 aromatic heterocycles. The molecule has 2 heterocycles. The molecule has 2 N–H and O–H groups in total. The van der Waals surface area contributed by atoms with Crippen molar-refractivity contribution < 1.29 is 9.90 Å². The summed E-state index contributed by atoms with van der Waals surface area (Å²) in [6.45, 7) is 0.427. The monoisotopic (exact) mass is 275 g/mol. The lowest BCUT2D eigenvalue weighted by Gasteiger charge is -2.01. The Morgan fingerprint density at radius 3 is 3.00 bits per heavy atom. The standard InChI is InChI=1S/C12H9N3O3S/c16-11(17)7-1-2-10-9(3-7)14-12(18)15(10)5-8-4-13-6-19-8/h1-4,6H,5H2,(H,14,18)(H,16,17). The van der Waals surface area contributed by atoms with Gasteiger partial charge in [0.1, 0.15) is 0 Å². The van der Waals surface area contributed by atoms with Crippen LogP contribution in [0.1, 0.15) is 15.2 Å². The SMILES string of the molecule is O=C(O)c1ccc2c(c1)[nH]c(=O)n2Cc1cncs1. The molecule has 0 aliphatic heterocycles. The Morgan fingerprint density at radius 1 is 1.47 bits per heavy atom. The van der Waals surface area contributed by atoms with Crippen molar-refractivity contribution in [1.82, 2.24) is 14.5 Å². The average Bonchev–Trinajstić information content (AvgIpc) is 2.98. The number of imidazole rings is 1. The maximum Gasteiger partial charge on any atom is 0.335 e. The number of carboxylic acids is 1. The molecule has 0 spiro atoms. The van der Waals surface area contributed by atoms with Gasteiger partial charge >= 0.3 is 11.7 Å². The number of aromatic amines is 1. The van der Waals surface area contributed by atoms with E-state index in [2.05, 4.69) is 9.97 Å². The molecular formula is C12H9N3O3S. The topological polar surface area (TPSA) is 88.0 Å². The highest BCUT2D eigenvalue weighted by atomic mass is 32.1. The van der Waals surface area contributed by atoms with Gasteiger partial charge in [0, 0.05) is 11.1 Å². The van der Waals surface area contributed by atoms with Crippen molar-refractivity contribution >= 4 is 28.3 Å². The van der Waals surface area contributed by atoms with Gasteiger partial charge in [0.05, 0.1) is 28.7 Å². The smallest absolute Gasteiger partial charge is 0.335 e. The van der Waals surface area contributed by atoms with E-state index in [1.54, 1.807) is 22.3 Å². The first-order valence-electron chi connectivity index (χ1n) is 5.48. The average molecular weight is 275 g/mol. The zero-order valence-electron chi connectivity index (χ0n) is 9.66. The van der Waals surface area contributed by atoms with Gasteiger partial charge in [0.25, 0.3) is 0 Å². The molecule has 0 saturated carbocycles. The van der Waals surface area contributed by atoms with Crippen LogP contribution in [-0.2, 0) is 6.54 Å². The van der Waals surface area contributed by atoms with E-state index >= 15 is 0 Å². The van der Waals surface area contributed by atoms with Crippen LogP contribution in [0.2, 0.25) is 0 Å². The summed E-state index contributed by atoms with van der Waals surface area (Å²) in [5.74, 6) is -1.02. The van der Waals surface area contributed by atoms with Gasteiger partial charge < -0.3 is 10.1 Å². The molecule has 0 radical (unpaired) electrons. The van der Waals surface area contributed by atoms with Gasteiger partial charge in [-0.2, -0.15) is 0 Å². The maximum atomic E-state index is 11.9. The normalized spacial score (nSPS) is 10.9. The Hall–Kier alpha value is -2.41. The van der Waals surface area contributed by atoms with Gasteiger partial charge in [-0.25, -0.2) is 9.59 Å². The van der Waals surface area contributed by atoms with E-state index < -0.39 is 5.97 Å². The summed E-state index contributed by atoms with van der Waals surface area (Å²) in [7, 11) is 0. The molecule has 1 aromatic carbocycles. The number of nitrogens with one attached hydrogen (secondary N) is 1. The van der Waals surface area contributed by atoms with Crippen LogP contribution in [-0.4, -0.2) is 25.6 Å². The lowest BCUT2D eigenvalue weighted by molar-refractivity contribution is 0.0697. The number of benzene rings is 1. The number of thiazole rings is 1. The van der Waals surface area contributed by atoms with Crippen molar-refractivity contribution in [2.75, 3.05) is 0 Å². The molecule has 6 nitrogen and oxygen atoms in total. The maximum absolute atomic E-state index is 11.9. The van der Waals surface area contributed by atoms with Crippen LogP contribution < -0.4 is 5.69 Å². The lowest BCUT2D eigenvalue weighted by Crippen LogP contribution is -2.16. The molecule has 0 unspecified atom stereocenters. The minimum Gasteiger partial charge on any atom is -0.478 e. The highest BCUT2D eigenvalue weighted by Gasteiger charge is 2.10. The molecule has 0 aliphatic carbocycles. The van der Waals surface area contributed by atoms with Crippen molar-refractivity contribution in [2.45, 2.75) is 6.54 Å². The molecule has 0 amide bonds. The number of hydrogen-bond acceptors (Lipinski definition) is 4. The minimum absolute atomic E-state index is 0.152. The number of carboxylic acid groups (broad SMARTS) is 1. The Kier molecular flexibility index (Phi) is 2.68. The van der Waals surface area contributed by atoms with Gasteiger partial charge in [0.15, 0.2) is 0 Å². The van der Waals surface area contributed by atoms with Crippen LogP contribution >= 0.6 is 11.3 Å². The molecule has 0 bridgehead atoms. The van der Waals surface area contributed by atoms with Crippen molar-refractivity contribution in [3.63, 3.8) is 0 Å². The fourth-order valence-electron chi connectivity index (χ4n) is 1.93. The largest absolute Gasteiger partial charge is 0.478 e. The molecule has 3 rings (SSSR count). The second-order valence-electron chi connectivity index (χ2n) is 4.02. The summed E-state index contributed by atoms with van der Waals surface area (Å²) in [6, 6.07) is 4.58. The van der Waals surface area contributed by atoms with Crippen LogP contribution in [0, 0.1) is 0 Å². The Labute approximate surface area is 111 Å². The first-order chi connectivity index (χ1) is 9.15. The van der Waals surface area contributed by atoms with Crippen LogP contribution in [0.25, 0.3) is 11.0 Å². The number of fused-ring (bicyclic) bond motifs is 1. The lowest BCUT2D eigenvalue weighted by atomic mass is 10.2. The quantitative estimate of drug-likeness (QED) is 0.758. The van der Waals surface area contributed by atoms with Crippen LogP contribution in [0.4, 0.5) is 0 Å². The predicted octanol–water partition coefficient (Wildman–Crippen LogP) is 1.53. The molecular weight excluding hydrogens is 266 g/mol. The molecule has 0 saturated heterocycles. The molecule has 3 aromatic rings. The summed E-state index contributed by atoms with van der Waals surface area (Å²) in [5, 5.41) is 8.92. The van der Waals surface area contributed by atoms with E-state index in [1.807, 2.05) is 0 Å². The predicted molar refractivity (Wildman–Crippen MR) is 70.7 cm³/mol. The number of rotatable bonds is 3. The number of aromatic nitrogens is 3. The van der Waals surface area contributed by atoms with E-state index in [0.717, 1.165) is 4.88 Å².